The van der Waals surface area contributed by atoms with Crippen LogP contribution < -0.4 is 15.8 Å². The summed E-state index contributed by atoms with van der Waals surface area (Å²) in [4.78, 5) is 27.4. The lowest BCUT2D eigenvalue weighted by molar-refractivity contribution is -0.154. The van der Waals surface area contributed by atoms with Gasteiger partial charge in [0, 0.05) is 45.0 Å². The number of ether oxygens (including phenoxy) is 4. The Morgan fingerprint density at radius 1 is 1.00 bits per heavy atom. The Kier molecular flexibility index (Phi) is 12.4. The zero-order chi connectivity index (χ0) is 30.4. The van der Waals surface area contributed by atoms with Gasteiger partial charge in [-0.25, -0.2) is 4.79 Å². The van der Waals surface area contributed by atoms with E-state index in [-0.39, 0.29) is 25.0 Å². The van der Waals surface area contributed by atoms with Crippen molar-refractivity contribution in [2.24, 2.45) is 5.92 Å². The van der Waals surface area contributed by atoms with Crippen LogP contribution in [0.15, 0.2) is 78.9 Å². The highest BCUT2D eigenvalue weighted by Gasteiger charge is 2.30. The van der Waals surface area contributed by atoms with Crippen molar-refractivity contribution in [3.05, 3.63) is 90.0 Å². The first-order valence-corrected chi connectivity index (χ1v) is 14.8. The van der Waals surface area contributed by atoms with Crippen LogP contribution in [0.2, 0.25) is 0 Å². The number of rotatable bonds is 15. The Hall–Kier alpha value is -3.92. The molecule has 0 saturated carbocycles. The van der Waals surface area contributed by atoms with Crippen LogP contribution in [-0.4, -0.2) is 62.8 Å². The molecule has 1 unspecified atom stereocenters. The molecule has 0 aliphatic carbocycles. The van der Waals surface area contributed by atoms with E-state index in [9.17, 15) is 9.59 Å². The fourth-order valence-electron chi connectivity index (χ4n) is 5.25. The molecule has 1 fully saturated rings. The fourth-order valence-corrected chi connectivity index (χ4v) is 5.25. The van der Waals surface area contributed by atoms with Gasteiger partial charge in [-0.3, -0.25) is 4.79 Å². The number of nitrogens with one attached hydrogen (secondary N) is 1. The summed E-state index contributed by atoms with van der Waals surface area (Å²) in [6, 6.07) is 24.2. The lowest BCUT2D eigenvalue weighted by atomic mass is 9.88. The minimum absolute atomic E-state index is 0.0477. The summed E-state index contributed by atoms with van der Waals surface area (Å²) in [6.45, 7) is 2.31. The molecule has 3 N–H and O–H groups in total. The number of esters is 1. The van der Waals surface area contributed by atoms with E-state index in [1.807, 2.05) is 78.9 Å². The lowest BCUT2D eigenvalue weighted by Gasteiger charge is -2.32. The van der Waals surface area contributed by atoms with Gasteiger partial charge in [0.25, 0.3) is 0 Å². The number of nitrogens with two attached hydrogens (primary N) is 1. The number of methoxy groups -OCH3 is 1. The van der Waals surface area contributed by atoms with E-state index in [4.69, 9.17) is 24.7 Å². The molecule has 0 aromatic heterocycles. The Bertz CT molecular complexity index is 1280. The van der Waals surface area contributed by atoms with Crippen LogP contribution in [0.1, 0.15) is 36.8 Å². The van der Waals surface area contributed by atoms with Crippen LogP contribution in [0.3, 0.4) is 0 Å². The summed E-state index contributed by atoms with van der Waals surface area (Å²) in [5, 5.41) is 3.67. The highest BCUT2D eigenvalue weighted by atomic mass is 16.5. The third-order valence-electron chi connectivity index (χ3n) is 7.87. The molecule has 1 saturated heterocycles. The molecule has 4 rings (SSSR count). The maximum atomic E-state index is 13.3. The predicted molar refractivity (Wildman–Crippen MR) is 165 cm³/mol. The summed E-state index contributed by atoms with van der Waals surface area (Å²) in [7, 11) is 2.95. The summed E-state index contributed by atoms with van der Waals surface area (Å²) < 4.78 is 22.4. The molecule has 1 heterocycles. The van der Waals surface area contributed by atoms with Crippen molar-refractivity contribution in [3.63, 3.8) is 0 Å². The monoisotopic (exact) mass is 589 g/mol. The fraction of sp³-hybridized carbons (Fsp3) is 0.412. The predicted octanol–water partition coefficient (Wildman–Crippen LogP) is 4.94. The van der Waals surface area contributed by atoms with E-state index in [0.717, 1.165) is 29.7 Å². The summed E-state index contributed by atoms with van der Waals surface area (Å²) in [6.07, 6.45) is 2.69. The average molecular weight is 590 g/mol. The molecule has 3 aromatic carbocycles. The molecule has 1 amide bonds. The van der Waals surface area contributed by atoms with Gasteiger partial charge in [0.1, 0.15) is 11.5 Å². The van der Waals surface area contributed by atoms with Gasteiger partial charge in [-0.1, -0.05) is 48.5 Å². The third kappa shape index (κ3) is 9.81. The first kappa shape index (κ1) is 32.0. The number of nitrogens with zero attached hydrogens (tertiary/aromatic N) is 1. The van der Waals surface area contributed by atoms with Gasteiger partial charge in [0.2, 0.25) is 5.91 Å². The smallest absolute Gasteiger partial charge is 0.330 e. The summed E-state index contributed by atoms with van der Waals surface area (Å²) >= 11 is 0. The van der Waals surface area contributed by atoms with Crippen LogP contribution in [0.25, 0.3) is 0 Å². The second kappa shape index (κ2) is 16.6. The Balaban J connectivity index is 1.37. The third-order valence-corrected chi connectivity index (χ3v) is 7.87. The molecule has 0 spiro atoms. The van der Waals surface area contributed by atoms with E-state index in [2.05, 4.69) is 5.32 Å². The number of benzene rings is 3. The van der Waals surface area contributed by atoms with Crippen molar-refractivity contribution in [2.45, 2.75) is 50.9 Å². The maximum Gasteiger partial charge on any atom is 0.330 e. The average Bonchev–Trinajstić information content (AvgIpc) is 3.05. The number of hydrogen-bond donors (Lipinski definition) is 2. The van der Waals surface area contributed by atoms with Crippen LogP contribution in [0.5, 0.6) is 11.5 Å². The van der Waals surface area contributed by atoms with E-state index in [1.165, 1.54) is 12.0 Å². The molecule has 43 heavy (non-hydrogen) atoms. The zero-order valence-electron chi connectivity index (χ0n) is 25.1. The van der Waals surface area contributed by atoms with Gasteiger partial charge in [-0.15, -0.1) is 0 Å². The topological polar surface area (TPSA) is 112 Å². The molecule has 9 heteroatoms. The van der Waals surface area contributed by atoms with Gasteiger partial charge in [0.05, 0.1) is 20.3 Å². The molecule has 2 atom stereocenters. The lowest BCUT2D eigenvalue weighted by Crippen LogP contribution is -2.46. The Morgan fingerprint density at radius 3 is 2.40 bits per heavy atom. The van der Waals surface area contributed by atoms with Gasteiger partial charge in [0.15, 0.2) is 6.04 Å². The van der Waals surface area contributed by atoms with Crippen molar-refractivity contribution in [2.75, 3.05) is 39.7 Å². The summed E-state index contributed by atoms with van der Waals surface area (Å²) in [5.41, 5.74) is 8.92. The van der Waals surface area contributed by atoms with Crippen molar-refractivity contribution >= 4 is 17.6 Å². The number of likely N-dealkylation sites (N-methyl/N-ethyl adjacent to an activating group) is 1. The standard InChI is InChI=1S/C34H43N3O6/c1-37(32(34(39)40-2)24-42-23-25-9-5-3-6-10-25)33(38)16-15-31(26-17-19-41-20-18-26)36-22-27-21-29(13-14-30(27)35)43-28-11-7-4-8-12-28/h3-14,21,26,31-32,36H,15-20,22-24,35H2,1-2H3/t31-,32?/m0/s1. The minimum Gasteiger partial charge on any atom is -0.467 e. The van der Waals surface area contributed by atoms with Crippen LogP contribution in [-0.2, 0) is 37.0 Å². The van der Waals surface area contributed by atoms with Crippen molar-refractivity contribution in [1.82, 2.24) is 10.2 Å². The maximum absolute atomic E-state index is 13.3. The molecule has 0 bridgehead atoms. The Morgan fingerprint density at radius 2 is 1.70 bits per heavy atom. The molecule has 9 nitrogen and oxygen atoms in total. The number of anilines is 1. The van der Waals surface area contributed by atoms with Crippen molar-refractivity contribution < 1.29 is 28.5 Å². The quantitative estimate of drug-likeness (QED) is 0.189. The highest BCUT2D eigenvalue weighted by Crippen LogP contribution is 2.27. The number of amides is 1. The second-order valence-corrected chi connectivity index (χ2v) is 10.8. The van der Waals surface area contributed by atoms with Crippen molar-refractivity contribution in [1.29, 1.82) is 0 Å². The van der Waals surface area contributed by atoms with Gasteiger partial charge in [-0.05, 0) is 66.6 Å². The van der Waals surface area contributed by atoms with E-state index >= 15 is 0 Å². The molecule has 1 aliphatic heterocycles. The molecule has 1 aliphatic rings. The first-order valence-electron chi connectivity index (χ1n) is 14.8. The number of para-hydroxylation sites is 1. The van der Waals surface area contributed by atoms with Gasteiger partial charge < -0.3 is 34.9 Å². The van der Waals surface area contributed by atoms with Crippen LogP contribution in [0, 0.1) is 5.92 Å². The SMILES string of the molecule is COC(=O)C(COCc1ccccc1)N(C)C(=O)CC[C@H](NCc1cc(Oc2ccccc2)ccc1N)C1CCOCC1. The molecular formula is C34H43N3O6. The zero-order valence-corrected chi connectivity index (χ0v) is 25.1. The van der Waals surface area contributed by atoms with Crippen LogP contribution >= 0.6 is 0 Å². The number of carbonyl (C=O) groups excluding carboxylic acids is 2. The van der Waals surface area contributed by atoms with Crippen molar-refractivity contribution in [3.8, 4) is 11.5 Å². The minimum atomic E-state index is -0.831. The first-order chi connectivity index (χ1) is 20.9. The van der Waals surface area contributed by atoms with E-state index in [0.29, 0.717) is 50.1 Å². The molecule has 230 valence electrons. The van der Waals surface area contributed by atoms with E-state index < -0.39 is 12.0 Å². The normalized spacial score (nSPS) is 14.9. The van der Waals surface area contributed by atoms with Gasteiger partial charge >= 0.3 is 5.97 Å². The molecule has 0 radical (unpaired) electrons. The number of nitrogen functional groups attached to an aromatic ring is 1. The second-order valence-electron chi connectivity index (χ2n) is 10.8. The number of hydrogen-bond acceptors (Lipinski definition) is 8. The number of carbonyl (C=O) groups is 2. The Labute approximate surface area is 254 Å². The van der Waals surface area contributed by atoms with E-state index in [1.54, 1.807) is 7.05 Å². The summed E-state index contributed by atoms with van der Waals surface area (Å²) in [5.74, 6) is 1.17. The van der Waals surface area contributed by atoms with Gasteiger partial charge in [-0.2, -0.15) is 0 Å². The van der Waals surface area contributed by atoms with Crippen LogP contribution in [0.4, 0.5) is 5.69 Å². The largest absolute Gasteiger partial charge is 0.467 e. The molecular weight excluding hydrogens is 546 g/mol. The highest BCUT2D eigenvalue weighted by molar-refractivity contribution is 5.84. The molecule has 3 aromatic rings.